The molecule has 0 aliphatic heterocycles. The van der Waals surface area contributed by atoms with Gasteiger partial charge in [-0.15, -0.1) is 0 Å². The molecule has 0 spiro atoms. The molecule has 1 amide bonds. The number of benzene rings is 2. The number of rotatable bonds is 9. The number of nitrogens with one attached hydrogen (secondary N) is 1. The van der Waals surface area contributed by atoms with Gasteiger partial charge >= 0.3 is 0 Å². The number of methoxy groups -OCH3 is 3. The zero-order chi connectivity index (χ0) is 21.5. The molecule has 7 nitrogen and oxygen atoms in total. The highest BCUT2D eigenvalue weighted by Crippen LogP contribution is 2.30. The van der Waals surface area contributed by atoms with Crippen LogP contribution in [0.1, 0.15) is 21.9 Å². The second-order valence-electron chi connectivity index (χ2n) is 6.27. The third kappa shape index (κ3) is 5.01. The molecule has 1 atom stereocenters. The summed E-state index contributed by atoms with van der Waals surface area (Å²) in [6.45, 7) is 0.243. The Hall–Kier alpha value is -3.26. The standard InChI is InChI=1S/C22H23NO6S/c1-26-16-7-10-18(11-8-16)30(25)14-17-9-12-20(29-17)22(24)23-13-15-5-4-6-19(27-2)21(15)28-3/h4-12H,13-14H2,1-3H3,(H,23,24)/t30-/m0/s1. The maximum atomic E-state index is 12.5. The Labute approximate surface area is 177 Å². The van der Waals surface area contributed by atoms with Gasteiger partial charge in [-0.25, -0.2) is 0 Å². The largest absolute Gasteiger partial charge is 0.497 e. The molecule has 0 aliphatic carbocycles. The van der Waals surface area contributed by atoms with Crippen molar-refractivity contribution in [1.29, 1.82) is 0 Å². The van der Waals surface area contributed by atoms with Crippen LogP contribution < -0.4 is 19.5 Å². The van der Waals surface area contributed by atoms with E-state index in [2.05, 4.69) is 5.32 Å². The molecule has 0 unspecified atom stereocenters. The van der Waals surface area contributed by atoms with Crippen LogP contribution in [-0.4, -0.2) is 31.4 Å². The Morgan fingerprint density at radius 1 is 0.967 bits per heavy atom. The lowest BCUT2D eigenvalue weighted by molar-refractivity contribution is 0.0921. The van der Waals surface area contributed by atoms with E-state index >= 15 is 0 Å². The number of ether oxygens (including phenoxy) is 3. The van der Waals surface area contributed by atoms with Gasteiger partial charge in [-0.3, -0.25) is 9.00 Å². The van der Waals surface area contributed by atoms with E-state index in [9.17, 15) is 9.00 Å². The Kier molecular flexibility index (Phi) is 7.13. The zero-order valence-electron chi connectivity index (χ0n) is 17.0. The second kappa shape index (κ2) is 9.98. The van der Waals surface area contributed by atoms with Crippen LogP contribution in [0.2, 0.25) is 0 Å². The topological polar surface area (TPSA) is 87.0 Å². The molecule has 0 fully saturated rings. The molecule has 3 rings (SSSR count). The Balaban J connectivity index is 1.61. The van der Waals surface area contributed by atoms with E-state index in [4.69, 9.17) is 18.6 Å². The van der Waals surface area contributed by atoms with Gasteiger partial charge in [0.15, 0.2) is 17.3 Å². The summed E-state index contributed by atoms with van der Waals surface area (Å²) in [4.78, 5) is 13.1. The average Bonchev–Trinajstić information content (AvgIpc) is 3.25. The van der Waals surface area contributed by atoms with Crippen LogP contribution in [0, 0.1) is 0 Å². The fourth-order valence-corrected chi connectivity index (χ4v) is 3.89. The fraction of sp³-hybridized carbons (Fsp3) is 0.227. The van der Waals surface area contributed by atoms with E-state index < -0.39 is 10.8 Å². The first-order valence-corrected chi connectivity index (χ1v) is 10.5. The lowest BCUT2D eigenvalue weighted by Crippen LogP contribution is -2.22. The minimum atomic E-state index is -1.30. The van der Waals surface area contributed by atoms with E-state index in [-0.39, 0.29) is 24.0 Å². The van der Waals surface area contributed by atoms with Gasteiger partial charge < -0.3 is 23.9 Å². The summed E-state index contributed by atoms with van der Waals surface area (Å²) in [6, 6.07) is 15.7. The van der Waals surface area contributed by atoms with Gasteiger partial charge in [0.25, 0.3) is 5.91 Å². The molecule has 0 saturated carbocycles. The molecular formula is C22H23NO6S. The van der Waals surface area contributed by atoms with Gasteiger partial charge in [-0.2, -0.15) is 0 Å². The van der Waals surface area contributed by atoms with Crippen LogP contribution in [-0.2, 0) is 23.1 Å². The minimum Gasteiger partial charge on any atom is -0.497 e. The van der Waals surface area contributed by atoms with E-state index in [1.807, 2.05) is 12.1 Å². The first kappa shape index (κ1) is 21.4. The quantitative estimate of drug-likeness (QED) is 0.560. The number of furan rings is 1. The third-order valence-corrected chi connectivity index (χ3v) is 5.75. The lowest BCUT2D eigenvalue weighted by Gasteiger charge is -2.12. The molecule has 158 valence electrons. The smallest absolute Gasteiger partial charge is 0.287 e. The number of carbonyl (C=O) groups excluding carboxylic acids is 1. The summed E-state index contributed by atoms with van der Waals surface area (Å²) in [5.41, 5.74) is 0.776. The van der Waals surface area contributed by atoms with Crippen molar-refractivity contribution in [2.75, 3.05) is 21.3 Å². The molecular weight excluding hydrogens is 406 g/mol. The van der Waals surface area contributed by atoms with Crippen molar-refractivity contribution in [1.82, 2.24) is 5.32 Å². The first-order valence-electron chi connectivity index (χ1n) is 9.15. The molecule has 8 heteroatoms. The van der Waals surface area contributed by atoms with E-state index in [1.165, 1.54) is 0 Å². The summed E-state index contributed by atoms with van der Waals surface area (Å²) < 4.78 is 33.8. The molecule has 0 radical (unpaired) electrons. The highest BCUT2D eigenvalue weighted by Gasteiger charge is 2.15. The number of hydrogen-bond donors (Lipinski definition) is 1. The molecule has 2 aromatic carbocycles. The highest BCUT2D eigenvalue weighted by molar-refractivity contribution is 7.84. The monoisotopic (exact) mass is 429 g/mol. The van der Waals surface area contributed by atoms with Crippen molar-refractivity contribution in [3.05, 3.63) is 71.7 Å². The maximum Gasteiger partial charge on any atom is 0.287 e. The maximum absolute atomic E-state index is 12.5. The predicted octanol–water partition coefficient (Wildman–Crippen LogP) is 3.54. The van der Waals surface area contributed by atoms with Gasteiger partial charge in [-0.05, 0) is 42.5 Å². The van der Waals surface area contributed by atoms with Crippen LogP contribution >= 0.6 is 0 Å². The van der Waals surface area contributed by atoms with Crippen molar-refractivity contribution >= 4 is 16.7 Å². The first-order chi connectivity index (χ1) is 14.5. The van der Waals surface area contributed by atoms with Crippen molar-refractivity contribution in [3.8, 4) is 17.2 Å². The summed E-state index contributed by atoms with van der Waals surface area (Å²) in [5, 5.41) is 2.79. The molecule has 3 aromatic rings. The summed E-state index contributed by atoms with van der Waals surface area (Å²) in [7, 11) is 3.38. The van der Waals surface area contributed by atoms with Gasteiger partial charge in [0.2, 0.25) is 0 Å². The molecule has 1 aromatic heterocycles. The Bertz CT molecular complexity index is 1030. The van der Waals surface area contributed by atoms with Crippen LogP contribution in [0.4, 0.5) is 0 Å². The highest BCUT2D eigenvalue weighted by atomic mass is 32.2. The van der Waals surface area contributed by atoms with Gasteiger partial charge in [0.05, 0.1) is 37.9 Å². The second-order valence-corrected chi connectivity index (χ2v) is 7.72. The number of amides is 1. The van der Waals surface area contributed by atoms with Crippen molar-refractivity contribution < 1.29 is 27.6 Å². The van der Waals surface area contributed by atoms with Crippen LogP contribution in [0.15, 0.2) is 63.9 Å². The van der Waals surface area contributed by atoms with E-state index in [0.29, 0.717) is 27.9 Å². The normalized spacial score (nSPS) is 11.6. The SMILES string of the molecule is COc1ccc([S@@](=O)Cc2ccc(C(=O)NCc3cccc(OC)c3OC)o2)cc1. The predicted molar refractivity (Wildman–Crippen MR) is 113 cm³/mol. The number of para-hydroxylation sites is 1. The van der Waals surface area contributed by atoms with Crippen molar-refractivity contribution in [2.24, 2.45) is 0 Å². The zero-order valence-corrected chi connectivity index (χ0v) is 17.8. The molecule has 1 N–H and O–H groups in total. The van der Waals surface area contributed by atoms with Crippen molar-refractivity contribution in [3.63, 3.8) is 0 Å². The summed E-state index contributed by atoms with van der Waals surface area (Å²) in [6.07, 6.45) is 0. The Morgan fingerprint density at radius 2 is 1.73 bits per heavy atom. The summed E-state index contributed by atoms with van der Waals surface area (Å²) >= 11 is 0. The average molecular weight is 429 g/mol. The lowest BCUT2D eigenvalue weighted by atomic mass is 10.2. The van der Waals surface area contributed by atoms with Crippen LogP contribution in [0.5, 0.6) is 17.2 Å². The molecule has 1 heterocycles. The van der Waals surface area contributed by atoms with Gasteiger partial charge in [-0.1, -0.05) is 12.1 Å². The van der Waals surface area contributed by atoms with E-state index in [1.54, 1.807) is 63.8 Å². The minimum absolute atomic E-state index is 0.151. The van der Waals surface area contributed by atoms with Gasteiger partial charge in [0.1, 0.15) is 11.5 Å². The van der Waals surface area contributed by atoms with Crippen LogP contribution in [0.3, 0.4) is 0 Å². The third-order valence-electron chi connectivity index (χ3n) is 4.41. The Morgan fingerprint density at radius 3 is 2.40 bits per heavy atom. The molecule has 0 bridgehead atoms. The van der Waals surface area contributed by atoms with Crippen molar-refractivity contribution in [2.45, 2.75) is 17.2 Å². The fourth-order valence-electron chi connectivity index (χ4n) is 2.87. The molecule has 0 aliphatic rings. The number of carbonyl (C=O) groups is 1. The molecule has 0 saturated heterocycles. The van der Waals surface area contributed by atoms with E-state index in [0.717, 1.165) is 5.56 Å². The van der Waals surface area contributed by atoms with Gasteiger partial charge in [0, 0.05) is 17.0 Å². The number of hydrogen-bond acceptors (Lipinski definition) is 6. The summed E-state index contributed by atoms with van der Waals surface area (Å²) in [5.74, 6) is 2.26. The molecule has 30 heavy (non-hydrogen) atoms. The van der Waals surface area contributed by atoms with Crippen LogP contribution in [0.25, 0.3) is 0 Å².